The van der Waals surface area contributed by atoms with Crippen molar-refractivity contribution in [2.45, 2.75) is 0 Å². The predicted molar refractivity (Wildman–Crippen MR) is 122 cm³/mol. The van der Waals surface area contributed by atoms with Crippen LogP contribution in [0.2, 0.25) is 0 Å². The van der Waals surface area contributed by atoms with Gasteiger partial charge in [0, 0.05) is 21.7 Å². The van der Waals surface area contributed by atoms with E-state index in [1.165, 1.54) is 27.5 Å². The Labute approximate surface area is 172 Å². The first-order valence-electron chi connectivity index (χ1n) is 10.1. The number of rotatable bonds is 1. The van der Waals surface area contributed by atoms with E-state index in [-0.39, 0.29) is 0 Å². The third-order valence-electron chi connectivity index (χ3n) is 6.09. The molecular formula is C28H16O2. The van der Waals surface area contributed by atoms with Crippen LogP contribution in [0.5, 0.6) is 11.5 Å². The van der Waals surface area contributed by atoms with Gasteiger partial charge in [-0.15, -0.1) is 0 Å². The fourth-order valence-corrected chi connectivity index (χ4v) is 4.81. The zero-order valence-electron chi connectivity index (χ0n) is 16.1. The number of benzene rings is 5. The Kier molecular flexibility index (Phi) is 3.03. The smallest absolute Gasteiger partial charge is 0.136 e. The second kappa shape index (κ2) is 5.74. The monoisotopic (exact) mass is 384 g/mol. The van der Waals surface area contributed by atoms with Gasteiger partial charge in [-0.25, -0.2) is 0 Å². The van der Waals surface area contributed by atoms with Gasteiger partial charge in [0.1, 0.15) is 22.7 Å². The van der Waals surface area contributed by atoms with E-state index >= 15 is 0 Å². The highest BCUT2D eigenvalue weighted by molar-refractivity contribution is 6.17. The van der Waals surface area contributed by atoms with E-state index in [4.69, 9.17) is 9.15 Å². The van der Waals surface area contributed by atoms with Gasteiger partial charge in [-0.3, -0.25) is 0 Å². The third kappa shape index (κ3) is 2.03. The minimum absolute atomic E-state index is 0.910. The van der Waals surface area contributed by atoms with Crippen molar-refractivity contribution in [3.63, 3.8) is 0 Å². The van der Waals surface area contributed by atoms with Crippen molar-refractivity contribution in [2.75, 3.05) is 0 Å². The molecule has 0 fully saturated rings. The van der Waals surface area contributed by atoms with E-state index in [2.05, 4.69) is 66.7 Å². The molecule has 0 unspecified atom stereocenters. The van der Waals surface area contributed by atoms with Crippen molar-refractivity contribution in [1.82, 2.24) is 0 Å². The maximum absolute atomic E-state index is 6.26. The van der Waals surface area contributed by atoms with E-state index in [1.54, 1.807) is 0 Å². The van der Waals surface area contributed by atoms with Crippen LogP contribution in [0.25, 0.3) is 55.0 Å². The summed E-state index contributed by atoms with van der Waals surface area (Å²) in [5, 5.41) is 4.66. The van der Waals surface area contributed by atoms with Crippen molar-refractivity contribution in [3.8, 4) is 33.8 Å². The lowest BCUT2D eigenvalue weighted by Crippen LogP contribution is -1.97. The van der Waals surface area contributed by atoms with Gasteiger partial charge < -0.3 is 9.15 Å². The lowest BCUT2D eigenvalue weighted by molar-refractivity contribution is 0.487. The van der Waals surface area contributed by atoms with Crippen molar-refractivity contribution in [3.05, 3.63) is 97.1 Å². The van der Waals surface area contributed by atoms with Gasteiger partial charge in [-0.05, 0) is 46.3 Å². The number of ether oxygens (including phenoxy) is 1. The van der Waals surface area contributed by atoms with E-state index in [9.17, 15) is 0 Å². The van der Waals surface area contributed by atoms with Gasteiger partial charge in [0.05, 0.1) is 0 Å². The van der Waals surface area contributed by atoms with E-state index < -0.39 is 0 Å². The van der Waals surface area contributed by atoms with Gasteiger partial charge >= 0.3 is 0 Å². The number of hydrogen-bond donors (Lipinski definition) is 0. The molecule has 140 valence electrons. The quantitative estimate of drug-likeness (QED) is 0.285. The zero-order valence-corrected chi connectivity index (χ0v) is 16.1. The Balaban J connectivity index is 1.60. The van der Waals surface area contributed by atoms with Crippen LogP contribution in [0.1, 0.15) is 0 Å². The molecule has 0 bridgehead atoms. The van der Waals surface area contributed by atoms with Gasteiger partial charge in [0.2, 0.25) is 0 Å². The van der Waals surface area contributed by atoms with Gasteiger partial charge in [0.25, 0.3) is 0 Å². The molecule has 2 nitrogen and oxygen atoms in total. The average molecular weight is 384 g/mol. The van der Waals surface area contributed by atoms with E-state index in [1.807, 2.05) is 30.3 Å². The summed E-state index contributed by atoms with van der Waals surface area (Å²) in [6, 6.07) is 33.6. The molecule has 30 heavy (non-hydrogen) atoms. The Hall–Kier alpha value is -4.04. The molecule has 0 N–H and O–H groups in total. The minimum Gasteiger partial charge on any atom is -0.456 e. The third-order valence-corrected chi connectivity index (χ3v) is 6.09. The number of hydrogen-bond acceptors (Lipinski definition) is 2. The maximum atomic E-state index is 6.26. The Morgan fingerprint density at radius 2 is 1.10 bits per heavy atom. The summed E-state index contributed by atoms with van der Waals surface area (Å²) < 4.78 is 12.4. The van der Waals surface area contributed by atoms with Crippen LogP contribution in [0.3, 0.4) is 0 Å². The molecule has 2 heterocycles. The maximum Gasteiger partial charge on any atom is 0.136 e. The van der Waals surface area contributed by atoms with Crippen LogP contribution < -0.4 is 4.74 Å². The first-order chi connectivity index (χ1) is 14.9. The highest BCUT2D eigenvalue weighted by Gasteiger charge is 2.22. The van der Waals surface area contributed by atoms with E-state index in [0.29, 0.717) is 0 Å². The molecule has 0 saturated heterocycles. The molecule has 0 spiro atoms. The molecule has 1 aliphatic heterocycles. The van der Waals surface area contributed by atoms with E-state index in [0.717, 1.165) is 39.0 Å². The fourth-order valence-electron chi connectivity index (χ4n) is 4.81. The molecule has 1 aromatic heterocycles. The fraction of sp³-hybridized carbons (Fsp3) is 0. The molecule has 0 atom stereocenters. The van der Waals surface area contributed by atoms with Crippen LogP contribution in [-0.4, -0.2) is 0 Å². The average Bonchev–Trinajstić information content (AvgIpc) is 3.18. The van der Waals surface area contributed by atoms with Crippen LogP contribution >= 0.6 is 0 Å². The first-order valence-corrected chi connectivity index (χ1v) is 10.1. The molecule has 0 saturated carbocycles. The lowest BCUT2D eigenvalue weighted by Gasteiger charge is -2.22. The highest BCUT2D eigenvalue weighted by Crippen LogP contribution is 2.49. The highest BCUT2D eigenvalue weighted by atomic mass is 16.5. The summed E-state index contributed by atoms with van der Waals surface area (Å²) in [4.78, 5) is 0. The molecule has 0 amide bonds. The summed E-state index contributed by atoms with van der Waals surface area (Å²) in [7, 11) is 0. The van der Waals surface area contributed by atoms with Crippen LogP contribution in [-0.2, 0) is 0 Å². The van der Waals surface area contributed by atoms with Gasteiger partial charge in [-0.1, -0.05) is 72.8 Å². The second-order valence-electron chi connectivity index (χ2n) is 7.71. The summed E-state index contributed by atoms with van der Waals surface area (Å²) >= 11 is 0. The minimum atomic E-state index is 0.910. The van der Waals surface area contributed by atoms with Crippen molar-refractivity contribution in [2.24, 2.45) is 0 Å². The SMILES string of the molecule is c1ccc2c(c1)Oc1ccc(-c3cccc4oc5ccccc5c34)c3cccc-2c13. The molecule has 0 radical (unpaired) electrons. The Morgan fingerprint density at radius 1 is 0.400 bits per heavy atom. The van der Waals surface area contributed by atoms with Gasteiger partial charge in [0.15, 0.2) is 0 Å². The molecular weight excluding hydrogens is 368 g/mol. The first kappa shape index (κ1) is 15.8. The number of para-hydroxylation sites is 2. The Bertz CT molecular complexity index is 1620. The van der Waals surface area contributed by atoms with Crippen molar-refractivity contribution < 1.29 is 9.15 Å². The summed E-state index contributed by atoms with van der Waals surface area (Å²) in [6.45, 7) is 0. The van der Waals surface area contributed by atoms with Crippen LogP contribution in [0.15, 0.2) is 101 Å². The largest absolute Gasteiger partial charge is 0.456 e. The molecule has 2 heteroatoms. The normalized spacial score (nSPS) is 12.3. The topological polar surface area (TPSA) is 22.4 Å². The standard InChI is InChI=1S/C28H16O2/c1-3-12-23-18(7-1)21-10-5-9-19-17(15-16-26(29-23)27(19)21)20-11-6-14-25-28(20)22-8-2-4-13-24(22)30-25/h1-16H. The molecule has 6 aromatic rings. The van der Waals surface area contributed by atoms with Crippen LogP contribution in [0.4, 0.5) is 0 Å². The van der Waals surface area contributed by atoms with Crippen LogP contribution in [0, 0.1) is 0 Å². The molecule has 7 rings (SSSR count). The number of fused-ring (bicyclic) bond motifs is 5. The van der Waals surface area contributed by atoms with Gasteiger partial charge in [-0.2, -0.15) is 0 Å². The molecule has 1 aliphatic rings. The Morgan fingerprint density at radius 3 is 2.07 bits per heavy atom. The molecule has 5 aromatic carbocycles. The summed E-state index contributed by atoms with van der Waals surface area (Å²) in [6.07, 6.45) is 0. The second-order valence-corrected chi connectivity index (χ2v) is 7.71. The number of furan rings is 1. The molecule has 0 aliphatic carbocycles. The van der Waals surface area contributed by atoms with Crippen molar-refractivity contribution >= 4 is 32.7 Å². The summed E-state index contributed by atoms with van der Waals surface area (Å²) in [5.41, 5.74) is 6.56. The zero-order chi connectivity index (χ0) is 19.7. The lowest BCUT2D eigenvalue weighted by atomic mass is 9.89. The van der Waals surface area contributed by atoms with Crippen molar-refractivity contribution in [1.29, 1.82) is 0 Å². The predicted octanol–water partition coefficient (Wildman–Crippen LogP) is 8.18. The summed E-state index contributed by atoms with van der Waals surface area (Å²) in [5.74, 6) is 1.82.